The minimum atomic E-state index is -0.269. The normalized spacial score (nSPS) is 11.6. The van der Waals surface area contributed by atoms with Crippen molar-refractivity contribution in [2.75, 3.05) is 25.6 Å². The minimum absolute atomic E-state index is 0.183. The maximum atomic E-state index is 12.1. The summed E-state index contributed by atoms with van der Waals surface area (Å²) in [6, 6.07) is 15.0. The molecule has 2 N–H and O–H groups in total. The van der Waals surface area contributed by atoms with Crippen molar-refractivity contribution in [2.24, 2.45) is 0 Å². The Balaban J connectivity index is 1.88. The van der Waals surface area contributed by atoms with Gasteiger partial charge in [0.15, 0.2) is 0 Å². The largest absolute Gasteiger partial charge is 0.494 e. The molecule has 24 heavy (non-hydrogen) atoms. The van der Waals surface area contributed by atoms with E-state index >= 15 is 0 Å². The molecule has 0 radical (unpaired) electrons. The van der Waals surface area contributed by atoms with Crippen molar-refractivity contribution in [2.45, 2.75) is 20.0 Å². The SMILES string of the molecule is CCOc1ccc(NC(=O)NCC(OC)c2ccccc2C)cc1. The van der Waals surface area contributed by atoms with E-state index < -0.39 is 0 Å². The van der Waals surface area contributed by atoms with E-state index in [4.69, 9.17) is 9.47 Å². The van der Waals surface area contributed by atoms with Crippen molar-refractivity contribution in [3.05, 3.63) is 59.7 Å². The zero-order valence-corrected chi connectivity index (χ0v) is 14.3. The third kappa shape index (κ3) is 4.99. The van der Waals surface area contributed by atoms with Crippen molar-refractivity contribution in [3.63, 3.8) is 0 Å². The van der Waals surface area contributed by atoms with Crippen LogP contribution in [0, 0.1) is 6.92 Å². The molecule has 1 unspecified atom stereocenters. The molecule has 0 saturated carbocycles. The van der Waals surface area contributed by atoms with Gasteiger partial charge in [-0.05, 0) is 49.2 Å². The lowest BCUT2D eigenvalue weighted by Crippen LogP contribution is -2.33. The van der Waals surface area contributed by atoms with Gasteiger partial charge in [0.1, 0.15) is 5.75 Å². The van der Waals surface area contributed by atoms with Gasteiger partial charge in [-0.2, -0.15) is 0 Å². The fraction of sp³-hybridized carbons (Fsp3) is 0.316. The van der Waals surface area contributed by atoms with E-state index in [1.165, 1.54) is 0 Å². The molecule has 0 heterocycles. The van der Waals surface area contributed by atoms with Crippen molar-refractivity contribution in [1.82, 2.24) is 5.32 Å². The number of anilines is 1. The minimum Gasteiger partial charge on any atom is -0.494 e. The van der Waals surface area contributed by atoms with E-state index in [0.717, 1.165) is 16.9 Å². The zero-order chi connectivity index (χ0) is 17.4. The molecule has 0 aliphatic carbocycles. The maximum Gasteiger partial charge on any atom is 0.319 e. The van der Waals surface area contributed by atoms with Gasteiger partial charge in [0, 0.05) is 19.3 Å². The highest BCUT2D eigenvalue weighted by Gasteiger charge is 2.14. The first kappa shape index (κ1) is 17.8. The third-order valence-corrected chi connectivity index (χ3v) is 3.69. The van der Waals surface area contributed by atoms with Gasteiger partial charge in [-0.15, -0.1) is 0 Å². The predicted octanol–water partition coefficient (Wildman–Crippen LogP) is 3.90. The van der Waals surface area contributed by atoms with Crippen LogP contribution >= 0.6 is 0 Å². The van der Waals surface area contributed by atoms with Gasteiger partial charge in [-0.1, -0.05) is 24.3 Å². The second-order valence-corrected chi connectivity index (χ2v) is 5.37. The molecule has 128 valence electrons. The topological polar surface area (TPSA) is 59.6 Å². The number of benzene rings is 2. The van der Waals surface area contributed by atoms with Crippen LogP contribution in [0.1, 0.15) is 24.2 Å². The smallest absolute Gasteiger partial charge is 0.319 e. The molecule has 0 aromatic heterocycles. The summed E-state index contributed by atoms with van der Waals surface area (Å²) in [7, 11) is 1.64. The van der Waals surface area contributed by atoms with Crippen LogP contribution in [-0.2, 0) is 4.74 Å². The lowest BCUT2D eigenvalue weighted by Gasteiger charge is -2.18. The highest BCUT2D eigenvalue weighted by Crippen LogP contribution is 2.20. The number of hydrogen-bond acceptors (Lipinski definition) is 3. The lowest BCUT2D eigenvalue weighted by atomic mass is 10.0. The molecule has 5 heteroatoms. The quantitative estimate of drug-likeness (QED) is 0.810. The van der Waals surface area contributed by atoms with Gasteiger partial charge in [0.05, 0.1) is 12.7 Å². The van der Waals surface area contributed by atoms with Crippen LogP contribution in [0.5, 0.6) is 5.75 Å². The van der Waals surface area contributed by atoms with Crippen LogP contribution in [0.2, 0.25) is 0 Å². The van der Waals surface area contributed by atoms with Crippen molar-refractivity contribution >= 4 is 11.7 Å². The first-order chi connectivity index (χ1) is 11.6. The number of aryl methyl sites for hydroxylation is 1. The Labute approximate surface area is 143 Å². The van der Waals surface area contributed by atoms with Gasteiger partial charge >= 0.3 is 6.03 Å². The molecule has 0 bridgehead atoms. The van der Waals surface area contributed by atoms with Gasteiger partial charge in [-0.25, -0.2) is 4.79 Å². The first-order valence-corrected chi connectivity index (χ1v) is 8.00. The molecule has 2 aromatic rings. The molecule has 2 aromatic carbocycles. The third-order valence-electron chi connectivity index (χ3n) is 3.69. The second kappa shape index (κ2) is 8.93. The molecule has 2 rings (SSSR count). The van der Waals surface area contributed by atoms with Crippen LogP contribution in [0.25, 0.3) is 0 Å². The molecule has 0 fully saturated rings. The van der Waals surface area contributed by atoms with E-state index in [1.54, 1.807) is 19.2 Å². The number of amides is 2. The Morgan fingerprint density at radius 2 is 1.83 bits per heavy atom. The van der Waals surface area contributed by atoms with Crippen molar-refractivity contribution in [3.8, 4) is 5.75 Å². The standard InChI is InChI=1S/C19H24N2O3/c1-4-24-16-11-9-15(10-12-16)21-19(22)20-13-18(23-3)17-8-6-5-7-14(17)2/h5-12,18H,4,13H2,1-3H3,(H2,20,21,22). The second-order valence-electron chi connectivity index (χ2n) is 5.37. The molecule has 0 aliphatic rings. The van der Waals surface area contributed by atoms with Crippen LogP contribution in [0.4, 0.5) is 10.5 Å². The fourth-order valence-corrected chi connectivity index (χ4v) is 2.43. The summed E-state index contributed by atoms with van der Waals surface area (Å²) in [6.45, 7) is 4.97. The Morgan fingerprint density at radius 3 is 2.46 bits per heavy atom. The maximum absolute atomic E-state index is 12.1. The molecule has 0 spiro atoms. The highest BCUT2D eigenvalue weighted by atomic mass is 16.5. The monoisotopic (exact) mass is 328 g/mol. The highest BCUT2D eigenvalue weighted by molar-refractivity contribution is 5.89. The Hall–Kier alpha value is -2.53. The number of urea groups is 1. The van der Waals surface area contributed by atoms with Crippen LogP contribution in [0.3, 0.4) is 0 Å². The van der Waals surface area contributed by atoms with E-state index in [0.29, 0.717) is 18.8 Å². The molecule has 0 aliphatic heterocycles. The average Bonchev–Trinajstić information content (AvgIpc) is 2.59. The van der Waals surface area contributed by atoms with Crippen molar-refractivity contribution < 1.29 is 14.3 Å². The Bertz CT molecular complexity index is 656. The molecular weight excluding hydrogens is 304 g/mol. The van der Waals surface area contributed by atoms with Crippen molar-refractivity contribution in [1.29, 1.82) is 0 Å². The summed E-state index contributed by atoms with van der Waals surface area (Å²) in [5, 5.41) is 5.64. The fourth-order valence-electron chi connectivity index (χ4n) is 2.43. The summed E-state index contributed by atoms with van der Waals surface area (Å²) >= 11 is 0. The molecular formula is C19H24N2O3. The number of rotatable bonds is 7. The Morgan fingerprint density at radius 1 is 1.12 bits per heavy atom. The molecule has 1 atom stereocenters. The van der Waals surface area contributed by atoms with E-state index in [2.05, 4.69) is 10.6 Å². The van der Waals surface area contributed by atoms with Gasteiger partial charge in [0.2, 0.25) is 0 Å². The van der Waals surface area contributed by atoms with Crippen LogP contribution in [-0.4, -0.2) is 26.3 Å². The van der Waals surface area contributed by atoms with Crippen LogP contribution < -0.4 is 15.4 Å². The van der Waals surface area contributed by atoms with Gasteiger partial charge in [0.25, 0.3) is 0 Å². The van der Waals surface area contributed by atoms with Crippen LogP contribution in [0.15, 0.2) is 48.5 Å². The summed E-state index contributed by atoms with van der Waals surface area (Å²) in [5.74, 6) is 0.780. The Kier molecular flexibility index (Phi) is 6.63. The summed E-state index contributed by atoms with van der Waals surface area (Å²) in [6.07, 6.45) is -0.183. The van der Waals surface area contributed by atoms with E-state index in [1.807, 2.05) is 50.2 Å². The number of carbonyl (C=O) groups is 1. The zero-order valence-electron chi connectivity index (χ0n) is 14.3. The number of hydrogen-bond donors (Lipinski definition) is 2. The number of carbonyl (C=O) groups excluding carboxylic acids is 1. The summed E-state index contributed by atoms with van der Waals surface area (Å²) in [4.78, 5) is 12.1. The summed E-state index contributed by atoms with van der Waals surface area (Å²) < 4.78 is 10.9. The molecule has 5 nitrogen and oxygen atoms in total. The van der Waals surface area contributed by atoms with Gasteiger partial charge < -0.3 is 20.1 Å². The van der Waals surface area contributed by atoms with E-state index in [-0.39, 0.29) is 12.1 Å². The average molecular weight is 328 g/mol. The van der Waals surface area contributed by atoms with Gasteiger partial charge in [-0.3, -0.25) is 0 Å². The number of nitrogens with one attached hydrogen (secondary N) is 2. The number of methoxy groups -OCH3 is 1. The predicted molar refractivity (Wildman–Crippen MR) is 95.6 cm³/mol. The van der Waals surface area contributed by atoms with E-state index in [9.17, 15) is 4.79 Å². The first-order valence-electron chi connectivity index (χ1n) is 8.00. The number of ether oxygens (including phenoxy) is 2. The molecule has 2 amide bonds. The molecule has 0 saturated heterocycles. The summed E-state index contributed by atoms with van der Waals surface area (Å²) in [5.41, 5.74) is 2.92. The lowest BCUT2D eigenvalue weighted by molar-refractivity contribution is 0.104.